The number of amides is 2. The Morgan fingerprint density at radius 2 is 1.81 bits per heavy atom. The van der Waals surface area contributed by atoms with Gasteiger partial charge in [-0.1, -0.05) is 41.9 Å². The number of hydrogen-bond donors (Lipinski definition) is 1. The third kappa shape index (κ3) is 5.77. The summed E-state index contributed by atoms with van der Waals surface area (Å²) < 4.78 is 5.50. The molecule has 2 aromatic carbocycles. The number of halogens is 1. The minimum Gasteiger partial charge on any atom is -0.492 e. The zero-order valence-corrected chi connectivity index (χ0v) is 15.8. The lowest BCUT2D eigenvalue weighted by Gasteiger charge is -2.21. The second-order valence-corrected chi connectivity index (χ2v) is 6.17. The van der Waals surface area contributed by atoms with Gasteiger partial charge in [-0.15, -0.1) is 0 Å². The van der Waals surface area contributed by atoms with Gasteiger partial charge in [-0.2, -0.15) is 0 Å². The molecule has 0 radical (unpaired) electrons. The molecule has 6 heteroatoms. The highest BCUT2D eigenvalue weighted by Gasteiger charge is 2.14. The van der Waals surface area contributed by atoms with Crippen LogP contribution in [-0.2, 0) is 16.1 Å². The molecule has 2 aromatic rings. The average molecular weight is 375 g/mol. The molecule has 0 fully saturated rings. The van der Waals surface area contributed by atoms with E-state index < -0.39 is 0 Å². The topological polar surface area (TPSA) is 58.6 Å². The lowest BCUT2D eigenvalue weighted by Crippen LogP contribution is -2.31. The van der Waals surface area contributed by atoms with E-state index in [2.05, 4.69) is 5.32 Å². The Balaban J connectivity index is 1.95. The molecule has 0 aliphatic rings. The highest BCUT2D eigenvalue weighted by atomic mass is 35.5. The second-order valence-electron chi connectivity index (χ2n) is 5.76. The van der Waals surface area contributed by atoms with Gasteiger partial charge in [-0.05, 0) is 30.7 Å². The minimum atomic E-state index is -0.178. The zero-order valence-electron chi connectivity index (χ0n) is 15.0. The van der Waals surface area contributed by atoms with Crippen LogP contribution in [-0.4, -0.2) is 29.9 Å². The first-order valence-electron chi connectivity index (χ1n) is 8.52. The van der Waals surface area contributed by atoms with Crippen molar-refractivity contribution in [1.29, 1.82) is 0 Å². The zero-order chi connectivity index (χ0) is 18.9. The van der Waals surface area contributed by atoms with Crippen LogP contribution < -0.4 is 10.1 Å². The predicted octanol–water partition coefficient (Wildman–Crippen LogP) is 4.12. The van der Waals surface area contributed by atoms with Crippen molar-refractivity contribution in [3.63, 3.8) is 0 Å². The molecular formula is C20H23ClN2O3. The van der Waals surface area contributed by atoms with E-state index in [0.29, 0.717) is 36.2 Å². The summed E-state index contributed by atoms with van der Waals surface area (Å²) in [6.45, 7) is 4.57. The summed E-state index contributed by atoms with van der Waals surface area (Å²) in [7, 11) is 0. The molecule has 1 N–H and O–H groups in total. The van der Waals surface area contributed by atoms with Crippen LogP contribution in [0, 0.1) is 0 Å². The molecular weight excluding hydrogens is 352 g/mol. The van der Waals surface area contributed by atoms with Crippen molar-refractivity contribution >= 4 is 29.1 Å². The molecule has 0 bridgehead atoms. The summed E-state index contributed by atoms with van der Waals surface area (Å²) in [5.41, 5.74) is 1.48. The fourth-order valence-electron chi connectivity index (χ4n) is 2.48. The summed E-state index contributed by atoms with van der Waals surface area (Å²) in [5, 5.41) is 3.44. The number of rotatable bonds is 8. The lowest BCUT2D eigenvalue weighted by atomic mass is 10.2. The standard InChI is InChI=1S/C20H23ClN2O3/c1-3-26-19-11-7-6-10-18(19)22-20(25)12-13-23(15(2)24)14-16-8-4-5-9-17(16)21/h4-11H,3,12-14H2,1-2H3,(H,22,25). The molecule has 0 atom stereocenters. The number of anilines is 1. The van der Waals surface area contributed by atoms with E-state index in [1.165, 1.54) is 6.92 Å². The molecule has 2 rings (SSSR count). The Morgan fingerprint density at radius 1 is 1.12 bits per heavy atom. The molecule has 0 spiro atoms. The van der Waals surface area contributed by atoms with Gasteiger partial charge in [0.1, 0.15) is 5.75 Å². The molecule has 0 unspecified atom stereocenters. The average Bonchev–Trinajstić information content (AvgIpc) is 2.61. The van der Waals surface area contributed by atoms with Crippen LogP contribution in [0.4, 0.5) is 5.69 Å². The number of para-hydroxylation sites is 2. The Labute approximate surface area is 158 Å². The van der Waals surface area contributed by atoms with Gasteiger partial charge in [0.05, 0.1) is 12.3 Å². The number of benzene rings is 2. The van der Waals surface area contributed by atoms with Gasteiger partial charge < -0.3 is 15.0 Å². The highest BCUT2D eigenvalue weighted by Crippen LogP contribution is 2.24. The van der Waals surface area contributed by atoms with Gasteiger partial charge in [-0.3, -0.25) is 9.59 Å². The number of hydrogen-bond acceptors (Lipinski definition) is 3. The molecule has 2 amide bonds. The molecule has 0 aliphatic heterocycles. The molecule has 0 saturated carbocycles. The number of carbonyl (C=O) groups excluding carboxylic acids is 2. The fraction of sp³-hybridized carbons (Fsp3) is 0.300. The Hall–Kier alpha value is -2.53. The van der Waals surface area contributed by atoms with Crippen LogP contribution in [0.5, 0.6) is 5.75 Å². The van der Waals surface area contributed by atoms with Gasteiger partial charge in [-0.25, -0.2) is 0 Å². The van der Waals surface area contributed by atoms with Gasteiger partial charge in [0.2, 0.25) is 11.8 Å². The molecule has 5 nitrogen and oxygen atoms in total. The van der Waals surface area contributed by atoms with Crippen molar-refractivity contribution in [2.75, 3.05) is 18.5 Å². The van der Waals surface area contributed by atoms with Gasteiger partial charge in [0, 0.05) is 31.5 Å². The van der Waals surface area contributed by atoms with E-state index in [1.54, 1.807) is 23.1 Å². The van der Waals surface area contributed by atoms with E-state index >= 15 is 0 Å². The van der Waals surface area contributed by atoms with Crippen molar-refractivity contribution in [2.24, 2.45) is 0 Å². The SMILES string of the molecule is CCOc1ccccc1NC(=O)CCN(Cc1ccccc1Cl)C(C)=O. The van der Waals surface area contributed by atoms with Crippen LogP contribution in [0.3, 0.4) is 0 Å². The van der Waals surface area contributed by atoms with Crippen LogP contribution in [0.15, 0.2) is 48.5 Å². The Morgan fingerprint density at radius 3 is 2.50 bits per heavy atom. The summed E-state index contributed by atoms with van der Waals surface area (Å²) in [6.07, 6.45) is 0.185. The Kier molecular flexibility index (Phi) is 7.48. The van der Waals surface area contributed by atoms with E-state index in [-0.39, 0.29) is 18.2 Å². The first kappa shape index (κ1) is 19.8. The normalized spacial score (nSPS) is 10.3. The van der Waals surface area contributed by atoms with Crippen LogP contribution in [0.1, 0.15) is 25.8 Å². The molecule has 0 aliphatic carbocycles. The van der Waals surface area contributed by atoms with Crippen molar-refractivity contribution in [2.45, 2.75) is 26.8 Å². The molecule has 0 aromatic heterocycles. The maximum absolute atomic E-state index is 12.3. The van der Waals surface area contributed by atoms with Gasteiger partial charge >= 0.3 is 0 Å². The largest absolute Gasteiger partial charge is 0.492 e. The van der Waals surface area contributed by atoms with Crippen molar-refractivity contribution in [3.8, 4) is 5.75 Å². The summed E-state index contributed by atoms with van der Waals surface area (Å²) in [5.74, 6) is 0.345. The molecule has 138 valence electrons. The lowest BCUT2D eigenvalue weighted by molar-refractivity contribution is -0.129. The molecule has 26 heavy (non-hydrogen) atoms. The van der Waals surface area contributed by atoms with Gasteiger partial charge in [0.25, 0.3) is 0 Å². The van der Waals surface area contributed by atoms with Crippen LogP contribution >= 0.6 is 11.6 Å². The number of carbonyl (C=O) groups is 2. The maximum atomic E-state index is 12.3. The highest BCUT2D eigenvalue weighted by molar-refractivity contribution is 6.31. The predicted molar refractivity (Wildman–Crippen MR) is 103 cm³/mol. The van der Waals surface area contributed by atoms with Crippen molar-refractivity contribution < 1.29 is 14.3 Å². The quantitative estimate of drug-likeness (QED) is 0.756. The van der Waals surface area contributed by atoms with Crippen molar-refractivity contribution in [3.05, 3.63) is 59.1 Å². The smallest absolute Gasteiger partial charge is 0.226 e. The van der Waals surface area contributed by atoms with E-state index in [1.807, 2.05) is 37.3 Å². The van der Waals surface area contributed by atoms with E-state index in [9.17, 15) is 9.59 Å². The summed E-state index contributed by atoms with van der Waals surface area (Å²) in [6, 6.07) is 14.6. The monoisotopic (exact) mass is 374 g/mol. The molecule has 0 heterocycles. The second kappa shape index (κ2) is 9.82. The number of ether oxygens (including phenoxy) is 1. The summed E-state index contributed by atoms with van der Waals surface area (Å²) in [4.78, 5) is 25.8. The van der Waals surface area contributed by atoms with Crippen LogP contribution in [0.25, 0.3) is 0 Å². The number of nitrogens with zero attached hydrogens (tertiary/aromatic N) is 1. The minimum absolute atomic E-state index is 0.104. The third-order valence-electron chi connectivity index (χ3n) is 3.83. The van der Waals surface area contributed by atoms with E-state index in [0.717, 1.165) is 5.56 Å². The van der Waals surface area contributed by atoms with Gasteiger partial charge in [0.15, 0.2) is 0 Å². The van der Waals surface area contributed by atoms with E-state index in [4.69, 9.17) is 16.3 Å². The summed E-state index contributed by atoms with van der Waals surface area (Å²) >= 11 is 6.16. The maximum Gasteiger partial charge on any atom is 0.226 e. The van der Waals surface area contributed by atoms with Crippen molar-refractivity contribution in [1.82, 2.24) is 4.90 Å². The Bertz CT molecular complexity index is 764. The number of nitrogens with one attached hydrogen (secondary N) is 1. The molecule has 0 saturated heterocycles. The fourth-order valence-corrected chi connectivity index (χ4v) is 2.68. The first-order valence-corrected chi connectivity index (χ1v) is 8.89. The van der Waals surface area contributed by atoms with Crippen LogP contribution in [0.2, 0.25) is 5.02 Å². The first-order chi connectivity index (χ1) is 12.5. The third-order valence-corrected chi connectivity index (χ3v) is 4.20.